The predicted octanol–water partition coefficient (Wildman–Crippen LogP) is 4.85. The number of carbonyl (C=O) groups excluding carboxylic acids is 1. The van der Waals surface area contributed by atoms with E-state index in [0.29, 0.717) is 36.0 Å². The monoisotopic (exact) mass is 441 g/mol. The van der Waals surface area contributed by atoms with Crippen molar-refractivity contribution in [2.75, 3.05) is 20.1 Å². The summed E-state index contributed by atoms with van der Waals surface area (Å²) < 4.78 is 19.9. The van der Waals surface area contributed by atoms with Crippen molar-refractivity contribution in [3.8, 4) is 0 Å². The SMILES string of the molecule is CN(CC(=O)N1CCC[C@@H]1c1ncc(Cc2ccc(Cl)cc2)o1)Cc1ccccc1F. The largest absolute Gasteiger partial charge is 0.443 e. The van der Waals surface area contributed by atoms with Gasteiger partial charge in [-0.2, -0.15) is 0 Å². The molecule has 0 unspecified atom stereocenters. The summed E-state index contributed by atoms with van der Waals surface area (Å²) in [5, 5.41) is 0.696. The summed E-state index contributed by atoms with van der Waals surface area (Å²) in [5.41, 5.74) is 1.66. The zero-order valence-electron chi connectivity index (χ0n) is 17.4. The van der Waals surface area contributed by atoms with Gasteiger partial charge in [0.2, 0.25) is 11.8 Å². The maximum atomic E-state index is 13.9. The lowest BCUT2D eigenvalue weighted by atomic mass is 10.1. The van der Waals surface area contributed by atoms with Gasteiger partial charge in [0.25, 0.3) is 0 Å². The molecule has 7 heteroatoms. The van der Waals surface area contributed by atoms with Crippen LogP contribution in [0, 0.1) is 5.82 Å². The molecular weight excluding hydrogens is 417 g/mol. The topological polar surface area (TPSA) is 49.6 Å². The van der Waals surface area contributed by atoms with Gasteiger partial charge in [-0.05, 0) is 43.7 Å². The lowest BCUT2D eigenvalue weighted by molar-refractivity contribution is -0.133. The Morgan fingerprint density at radius 2 is 2.03 bits per heavy atom. The van der Waals surface area contributed by atoms with Crippen molar-refractivity contribution in [2.45, 2.75) is 31.8 Å². The van der Waals surface area contributed by atoms with E-state index in [0.717, 1.165) is 24.2 Å². The van der Waals surface area contributed by atoms with Crippen molar-refractivity contribution in [2.24, 2.45) is 0 Å². The molecule has 1 atom stereocenters. The number of benzene rings is 2. The molecule has 2 aromatic carbocycles. The van der Waals surface area contributed by atoms with Gasteiger partial charge >= 0.3 is 0 Å². The Hall–Kier alpha value is -2.70. The van der Waals surface area contributed by atoms with Crippen LogP contribution in [0.3, 0.4) is 0 Å². The van der Waals surface area contributed by atoms with E-state index in [9.17, 15) is 9.18 Å². The van der Waals surface area contributed by atoms with Gasteiger partial charge in [0.05, 0.1) is 12.7 Å². The third-order valence-corrected chi connectivity index (χ3v) is 5.78. The fourth-order valence-electron chi connectivity index (χ4n) is 3.98. The summed E-state index contributed by atoms with van der Waals surface area (Å²) in [5.74, 6) is 1.08. The van der Waals surface area contributed by atoms with Crippen LogP contribution in [0.25, 0.3) is 0 Å². The van der Waals surface area contributed by atoms with Crippen LogP contribution in [0.5, 0.6) is 0 Å². The highest BCUT2D eigenvalue weighted by atomic mass is 35.5. The number of likely N-dealkylation sites (tertiary alicyclic amines) is 1. The molecular formula is C24H25ClFN3O2. The fourth-order valence-corrected chi connectivity index (χ4v) is 4.10. The number of rotatable bonds is 7. The lowest BCUT2D eigenvalue weighted by Crippen LogP contribution is -2.38. The smallest absolute Gasteiger partial charge is 0.237 e. The molecule has 1 aliphatic heterocycles. The minimum Gasteiger partial charge on any atom is -0.443 e. The molecule has 0 bridgehead atoms. The van der Waals surface area contributed by atoms with Gasteiger partial charge in [-0.25, -0.2) is 9.37 Å². The highest BCUT2D eigenvalue weighted by molar-refractivity contribution is 6.30. The molecule has 0 spiro atoms. The Balaban J connectivity index is 1.38. The quantitative estimate of drug-likeness (QED) is 0.525. The second-order valence-electron chi connectivity index (χ2n) is 7.98. The molecule has 2 heterocycles. The van der Waals surface area contributed by atoms with Gasteiger partial charge in [0, 0.05) is 30.1 Å². The number of aromatic nitrogens is 1. The van der Waals surface area contributed by atoms with Crippen LogP contribution in [0.1, 0.15) is 41.7 Å². The van der Waals surface area contributed by atoms with Crippen LogP contribution in [-0.4, -0.2) is 40.8 Å². The molecule has 0 N–H and O–H groups in total. The van der Waals surface area contributed by atoms with E-state index < -0.39 is 0 Å². The maximum Gasteiger partial charge on any atom is 0.237 e. The summed E-state index contributed by atoms with van der Waals surface area (Å²) in [7, 11) is 1.82. The summed E-state index contributed by atoms with van der Waals surface area (Å²) in [6.45, 7) is 1.26. The van der Waals surface area contributed by atoms with E-state index in [1.54, 1.807) is 24.4 Å². The molecule has 0 saturated carbocycles. The van der Waals surface area contributed by atoms with Gasteiger partial charge in [-0.3, -0.25) is 9.69 Å². The minimum atomic E-state index is -0.256. The summed E-state index contributed by atoms with van der Waals surface area (Å²) >= 11 is 5.94. The molecule has 1 aliphatic rings. The Bertz CT molecular complexity index is 1040. The first-order valence-electron chi connectivity index (χ1n) is 10.4. The first-order chi connectivity index (χ1) is 15.0. The Morgan fingerprint density at radius 1 is 1.26 bits per heavy atom. The Kier molecular flexibility index (Phi) is 6.68. The van der Waals surface area contributed by atoms with E-state index in [4.69, 9.17) is 16.0 Å². The third-order valence-electron chi connectivity index (χ3n) is 5.52. The number of nitrogens with zero attached hydrogens (tertiary/aromatic N) is 3. The van der Waals surface area contributed by atoms with Crippen LogP contribution in [-0.2, 0) is 17.8 Å². The van der Waals surface area contributed by atoms with Crippen molar-refractivity contribution in [1.82, 2.24) is 14.8 Å². The van der Waals surface area contributed by atoms with Crippen LogP contribution in [0.15, 0.2) is 59.1 Å². The minimum absolute atomic E-state index is 0.00112. The molecule has 1 aromatic heterocycles. The number of hydrogen-bond donors (Lipinski definition) is 0. The van der Waals surface area contributed by atoms with Crippen LogP contribution in [0.4, 0.5) is 4.39 Å². The second-order valence-corrected chi connectivity index (χ2v) is 8.41. The molecule has 1 fully saturated rings. The first-order valence-corrected chi connectivity index (χ1v) is 10.8. The molecule has 1 saturated heterocycles. The second kappa shape index (κ2) is 9.62. The zero-order valence-corrected chi connectivity index (χ0v) is 18.2. The van der Waals surface area contributed by atoms with Crippen molar-refractivity contribution in [3.63, 3.8) is 0 Å². The van der Waals surface area contributed by atoms with Crippen molar-refractivity contribution in [3.05, 3.63) is 88.3 Å². The Labute approximate surface area is 186 Å². The number of halogens is 2. The molecule has 3 aromatic rings. The van der Waals surface area contributed by atoms with E-state index >= 15 is 0 Å². The molecule has 0 radical (unpaired) electrons. The maximum absolute atomic E-state index is 13.9. The average molecular weight is 442 g/mol. The molecule has 5 nitrogen and oxygen atoms in total. The predicted molar refractivity (Wildman–Crippen MR) is 117 cm³/mol. The van der Waals surface area contributed by atoms with Crippen molar-refractivity contribution >= 4 is 17.5 Å². The van der Waals surface area contributed by atoms with Gasteiger partial charge in [-0.1, -0.05) is 41.9 Å². The highest BCUT2D eigenvalue weighted by Gasteiger charge is 2.33. The van der Waals surface area contributed by atoms with E-state index in [1.807, 2.05) is 41.1 Å². The fraction of sp³-hybridized carbons (Fsp3) is 0.333. The number of carbonyl (C=O) groups is 1. The van der Waals surface area contributed by atoms with E-state index in [2.05, 4.69) is 4.98 Å². The number of amides is 1. The number of hydrogen-bond acceptors (Lipinski definition) is 4. The third kappa shape index (κ3) is 5.32. The van der Waals surface area contributed by atoms with Gasteiger partial charge in [-0.15, -0.1) is 0 Å². The lowest BCUT2D eigenvalue weighted by Gasteiger charge is -2.25. The van der Waals surface area contributed by atoms with Crippen molar-refractivity contribution < 1.29 is 13.6 Å². The van der Waals surface area contributed by atoms with Crippen LogP contribution in [0.2, 0.25) is 5.02 Å². The van der Waals surface area contributed by atoms with Gasteiger partial charge in [0.1, 0.15) is 17.6 Å². The van der Waals surface area contributed by atoms with Crippen LogP contribution >= 0.6 is 11.6 Å². The zero-order chi connectivity index (χ0) is 21.8. The highest BCUT2D eigenvalue weighted by Crippen LogP contribution is 2.32. The standard InChI is InChI=1S/C24H25ClFN3O2/c1-28(15-18-5-2-3-6-21(18)26)16-23(30)29-12-4-7-22(29)24-27-14-20(31-24)13-17-8-10-19(25)11-9-17/h2-3,5-6,8-11,14,22H,4,7,12-13,15-16H2,1H3/t22-/m1/s1. The van der Waals surface area contributed by atoms with E-state index in [1.165, 1.54) is 6.07 Å². The molecule has 162 valence electrons. The normalized spacial score (nSPS) is 16.3. The number of likely N-dealkylation sites (N-methyl/N-ethyl adjacent to an activating group) is 1. The molecule has 1 amide bonds. The summed E-state index contributed by atoms with van der Waals surface area (Å²) in [4.78, 5) is 21.1. The van der Waals surface area contributed by atoms with Crippen molar-refractivity contribution in [1.29, 1.82) is 0 Å². The molecule has 4 rings (SSSR count). The summed E-state index contributed by atoms with van der Waals surface area (Å²) in [6, 6.07) is 14.1. The molecule has 31 heavy (non-hydrogen) atoms. The van der Waals surface area contributed by atoms with Crippen LogP contribution < -0.4 is 0 Å². The first kappa shape index (κ1) is 21.5. The Morgan fingerprint density at radius 3 is 2.81 bits per heavy atom. The van der Waals surface area contributed by atoms with E-state index in [-0.39, 0.29) is 24.3 Å². The van der Waals surface area contributed by atoms with Gasteiger partial charge in [0.15, 0.2) is 0 Å². The molecule has 0 aliphatic carbocycles. The average Bonchev–Trinajstić information content (AvgIpc) is 3.41. The van der Waals surface area contributed by atoms with Gasteiger partial charge < -0.3 is 9.32 Å². The summed E-state index contributed by atoms with van der Waals surface area (Å²) in [6.07, 6.45) is 4.08. The number of oxazole rings is 1.